The van der Waals surface area contributed by atoms with Crippen molar-refractivity contribution < 1.29 is 17.9 Å². The van der Waals surface area contributed by atoms with Gasteiger partial charge in [-0.3, -0.25) is 10.2 Å². The van der Waals surface area contributed by atoms with Gasteiger partial charge in [-0.2, -0.15) is 0 Å². The number of hydrazine groups is 1. The van der Waals surface area contributed by atoms with E-state index < -0.39 is 9.84 Å². The minimum atomic E-state index is -3.26. The van der Waals surface area contributed by atoms with Crippen molar-refractivity contribution in [3.8, 4) is 5.75 Å². The Hall–Kier alpha value is -2.42. The Kier molecular flexibility index (Phi) is 6.89. The molecule has 1 amide bonds. The highest BCUT2D eigenvalue weighted by molar-refractivity contribution is 7.90. The van der Waals surface area contributed by atoms with E-state index in [1.807, 2.05) is 30.3 Å². The van der Waals surface area contributed by atoms with E-state index in [2.05, 4.69) is 10.9 Å². The molecule has 2 aromatic carbocycles. The van der Waals surface area contributed by atoms with E-state index in [1.165, 1.54) is 12.3 Å². The normalized spacial score (nSPS) is 19.1. The molecule has 2 unspecified atom stereocenters. The molecule has 7 nitrogen and oxygen atoms in total. The van der Waals surface area contributed by atoms with E-state index >= 15 is 0 Å². The molecule has 2 N–H and O–H groups in total. The summed E-state index contributed by atoms with van der Waals surface area (Å²) in [7, 11) is -1.46. The summed E-state index contributed by atoms with van der Waals surface area (Å²) in [6, 6.07) is 16.3. The molecule has 0 bridgehead atoms. The van der Waals surface area contributed by atoms with Crippen LogP contribution in [0.25, 0.3) is 0 Å². The van der Waals surface area contributed by atoms with Crippen LogP contribution in [0.15, 0.2) is 59.5 Å². The van der Waals surface area contributed by atoms with Gasteiger partial charge in [-0.15, -0.1) is 0 Å². The average Bonchev–Trinajstić information content (AvgIpc) is 3.20. The van der Waals surface area contributed by atoms with Crippen molar-refractivity contribution in [3.63, 3.8) is 0 Å². The van der Waals surface area contributed by atoms with Crippen LogP contribution in [-0.2, 0) is 14.6 Å². The number of ether oxygens (including phenoxy) is 1. The second kappa shape index (κ2) is 9.39. The van der Waals surface area contributed by atoms with Crippen LogP contribution in [0, 0.1) is 5.92 Å². The minimum Gasteiger partial charge on any atom is -0.493 e. The molecule has 1 aliphatic heterocycles. The molecular weight excluding hydrogens is 390 g/mol. The van der Waals surface area contributed by atoms with Gasteiger partial charge in [0.15, 0.2) is 9.84 Å². The summed E-state index contributed by atoms with van der Waals surface area (Å²) in [5.41, 5.74) is 7.37. The first-order valence-electron chi connectivity index (χ1n) is 9.57. The number of carbonyl (C=O) groups is 1. The third-order valence-electron chi connectivity index (χ3n) is 4.97. The van der Waals surface area contributed by atoms with E-state index in [0.29, 0.717) is 31.9 Å². The molecule has 156 valence electrons. The lowest BCUT2D eigenvalue weighted by atomic mass is 9.94. The number of rotatable bonds is 8. The molecule has 1 aliphatic rings. The third-order valence-corrected chi connectivity index (χ3v) is 6.08. The molecule has 2 atom stereocenters. The Morgan fingerprint density at radius 3 is 2.66 bits per heavy atom. The van der Waals surface area contributed by atoms with Crippen molar-refractivity contribution in [1.82, 2.24) is 15.8 Å². The quantitative estimate of drug-likeness (QED) is 0.637. The summed E-state index contributed by atoms with van der Waals surface area (Å²) in [5, 5.41) is 0. The van der Waals surface area contributed by atoms with Gasteiger partial charge in [-0.05, 0) is 30.2 Å². The molecule has 0 spiro atoms. The van der Waals surface area contributed by atoms with E-state index in [4.69, 9.17) is 4.74 Å². The van der Waals surface area contributed by atoms with Crippen molar-refractivity contribution in [1.29, 1.82) is 0 Å². The maximum Gasteiger partial charge on any atom is 0.228 e. The van der Waals surface area contributed by atoms with Crippen LogP contribution >= 0.6 is 0 Å². The molecule has 1 heterocycles. The molecule has 1 fully saturated rings. The second-order valence-corrected chi connectivity index (χ2v) is 9.24. The van der Waals surface area contributed by atoms with Crippen LogP contribution in [0.3, 0.4) is 0 Å². The number of nitrogens with zero attached hydrogens (tertiary/aromatic N) is 1. The molecule has 0 saturated carbocycles. The first kappa shape index (κ1) is 21.3. The lowest BCUT2D eigenvalue weighted by Gasteiger charge is -2.24. The molecule has 8 heteroatoms. The molecule has 2 aromatic rings. The zero-order chi connectivity index (χ0) is 20.9. The van der Waals surface area contributed by atoms with Crippen molar-refractivity contribution >= 4 is 15.7 Å². The van der Waals surface area contributed by atoms with Gasteiger partial charge in [0.2, 0.25) is 5.91 Å². The number of sulfone groups is 1. The van der Waals surface area contributed by atoms with Gasteiger partial charge in [0, 0.05) is 26.4 Å². The summed E-state index contributed by atoms with van der Waals surface area (Å²) in [6.07, 6.45) is 1.82. The Morgan fingerprint density at radius 2 is 1.93 bits per heavy atom. The summed E-state index contributed by atoms with van der Waals surface area (Å²) >= 11 is 0. The van der Waals surface area contributed by atoms with Crippen LogP contribution in [0.1, 0.15) is 18.0 Å². The number of hydrogen-bond acceptors (Lipinski definition) is 6. The molecule has 1 saturated heterocycles. The lowest BCUT2D eigenvalue weighted by Crippen LogP contribution is -2.37. The fraction of sp³-hybridized carbons (Fsp3) is 0.381. The zero-order valence-electron chi connectivity index (χ0n) is 16.7. The predicted molar refractivity (Wildman–Crippen MR) is 111 cm³/mol. The fourth-order valence-corrected chi connectivity index (χ4v) is 4.04. The van der Waals surface area contributed by atoms with Gasteiger partial charge in [0.05, 0.1) is 23.5 Å². The minimum absolute atomic E-state index is 0.0545. The highest BCUT2D eigenvalue weighted by Gasteiger charge is 2.35. The lowest BCUT2D eigenvalue weighted by molar-refractivity contribution is -0.134. The summed E-state index contributed by atoms with van der Waals surface area (Å²) in [5.74, 6) is 0.417. The molecule has 0 aromatic heterocycles. The molecule has 0 aliphatic carbocycles. The Balaban J connectivity index is 1.49. The molecule has 3 rings (SSSR count). The van der Waals surface area contributed by atoms with Crippen molar-refractivity contribution in [2.75, 3.05) is 33.0 Å². The SMILES string of the molecule is CN(CCCOc1cccc(S(C)(=O)=O)c1)C(=O)C1CNNC1c1ccccc1. The fourth-order valence-electron chi connectivity index (χ4n) is 3.38. The molecule has 29 heavy (non-hydrogen) atoms. The van der Waals surface area contributed by atoms with Crippen LogP contribution in [-0.4, -0.2) is 52.2 Å². The summed E-state index contributed by atoms with van der Waals surface area (Å²) < 4.78 is 28.9. The first-order valence-corrected chi connectivity index (χ1v) is 11.5. The van der Waals surface area contributed by atoms with Gasteiger partial charge >= 0.3 is 0 Å². The zero-order valence-corrected chi connectivity index (χ0v) is 17.5. The Morgan fingerprint density at radius 1 is 1.17 bits per heavy atom. The van der Waals surface area contributed by atoms with E-state index in [-0.39, 0.29) is 22.8 Å². The number of amides is 1. The maximum absolute atomic E-state index is 12.9. The van der Waals surface area contributed by atoms with Crippen molar-refractivity contribution in [3.05, 3.63) is 60.2 Å². The average molecular weight is 418 g/mol. The standard InChI is InChI=1S/C21H27N3O4S/c1-24(12-7-13-28-17-10-6-11-18(14-17)29(2,26)27)21(25)19-15-22-23-20(19)16-8-4-3-5-9-16/h3-6,8-11,14,19-20,22-23H,7,12-13,15H2,1-2H3. The smallest absolute Gasteiger partial charge is 0.228 e. The third kappa shape index (κ3) is 5.56. The van der Waals surface area contributed by atoms with E-state index in [0.717, 1.165) is 5.56 Å². The number of hydrogen-bond donors (Lipinski definition) is 2. The van der Waals surface area contributed by atoms with E-state index in [1.54, 1.807) is 30.1 Å². The Bertz CT molecular complexity index is 934. The van der Waals surface area contributed by atoms with Gasteiger partial charge in [-0.25, -0.2) is 13.8 Å². The highest BCUT2D eigenvalue weighted by atomic mass is 32.2. The topological polar surface area (TPSA) is 87.7 Å². The number of carbonyl (C=O) groups excluding carboxylic acids is 1. The van der Waals surface area contributed by atoms with Gasteiger partial charge in [0.1, 0.15) is 5.75 Å². The predicted octanol–water partition coefficient (Wildman–Crippen LogP) is 1.78. The second-order valence-electron chi connectivity index (χ2n) is 7.23. The number of nitrogens with one attached hydrogen (secondary N) is 2. The van der Waals surface area contributed by atoms with E-state index in [9.17, 15) is 13.2 Å². The van der Waals surface area contributed by atoms with Crippen LogP contribution in [0.5, 0.6) is 5.75 Å². The summed E-state index contributed by atoms with van der Waals surface area (Å²) in [6.45, 7) is 1.54. The maximum atomic E-state index is 12.9. The van der Waals surface area contributed by atoms with Gasteiger partial charge in [0.25, 0.3) is 0 Å². The number of benzene rings is 2. The van der Waals surface area contributed by atoms with Crippen LogP contribution in [0.2, 0.25) is 0 Å². The Labute approximate surface area is 171 Å². The molecule has 0 radical (unpaired) electrons. The van der Waals surface area contributed by atoms with Crippen LogP contribution in [0.4, 0.5) is 0 Å². The molecular formula is C21H27N3O4S. The highest BCUT2D eigenvalue weighted by Crippen LogP contribution is 2.26. The van der Waals surface area contributed by atoms with Crippen molar-refractivity contribution in [2.24, 2.45) is 5.92 Å². The summed E-state index contributed by atoms with van der Waals surface area (Å²) in [4.78, 5) is 14.8. The largest absolute Gasteiger partial charge is 0.493 e. The van der Waals surface area contributed by atoms with Crippen LogP contribution < -0.4 is 15.6 Å². The monoisotopic (exact) mass is 417 g/mol. The van der Waals surface area contributed by atoms with Gasteiger partial charge in [-0.1, -0.05) is 36.4 Å². The van der Waals surface area contributed by atoms with Crippen molar-refractivity contribution in [2.45, 2.75) is 17.4 Å². The first-order chi connectivity index (χ1) is 13.9. The van der Waals surface area contributed by atoms with Gasteiger partial charge < -0.3 is 9.64 Å².